The molecule has 0 spiro atoms. The van der Waals surface area contributed by atoms with Crippen LogP contribution in [0.4, 0.5) is 4.79 Å². The number of aliphatic carboxylic acids is 2. The summed E-state index contributed by atoms with van der Waals surface area (Å²) in [5.74, 6) is -5.05. The molecule has 1 aliphatic rings. The van der Waals surface area contributed by atoms with E-state index in [0.717, 1.165) is 52.7 Å². The minimum atomic E-state index is -2.22. The molecule has 0 radical (unpaired) electrons. The predicted octanol–water partition coefficient (Wildman–Crippen LogP) is 5.38. The number of esters is 2. The van der Waals surface area contributed by atoms with Crippen LogP contribution in [0, 0.1) is 13.8 Å². The summed E-state index contributed by atoms with van der Waals surface area (Å²) < 4.78 is 15.4. The van der Waals surface area contributed by atoms with Crippen LogP contribution in [0.25, 0.3) is 0 Å². The number of hydrogen-bond acceptors (Lipinski definition) is 11. The van der Waals surface area contributed by atoms with Crippen LogP contribution >= 0.6 is 11.8 Å². The SMILES string of the molecule is CCc1ccc(CCOc2ccc(C[C@H]3SC(=O)NC3=O)cc2)nc1.Cc1ccc(C(=O)O[C@@H](C(=O)O)[C@@H](OC(=O)c2ccc(C)cc2)C(=O)O)cc1. The molecule has 53 heavy (non-hydrogen) atoms. The Hall–Kier alpha value is -6.02. The smallest absolute Gasteiger partial charge is 0.349 e. The number of imide groups is 1. The second-order valence-corrected chi connectivity index (χ2v) is 13.1. The van der Waals surface area contributed by atoms with Gasteiger partial charge in [0.05, 0.1) is 23.0 Å². The third-order valence-corrected chi connectivity index (χ3v) is 8.82. The number of carbonyl (C=O) groups excluding carboxylic acids is 4. The number of aromatic nitrogens is 1. The van der Waals surface area contributed by atoms with E-state index in [0.29, 0.717) is 13.0 Å². The topological polar surface area (TPSA) is 195 Å². The number of nitrogens with one attached hydrogen (secondary N) is 1. The number of ether oxygens (including phenoxy) is 3. The van der Waals surface area contributed by atoms with Gasteiger partial charge in [-0.3, -0.25) is 19.9 Å². The van der Waals surface area contributed by atoms with Crippen molar-refractivity contribution in [2.75, 3.05) is 6.61 Å². The van der Waals surface area contributed by atoms with E-state index in [4.69, 9.17) is 14.2 Å². The van der Waals surface area contributed by atoms with Gasteiger partial charge in [0, 0.05) is 18.3 Å². The second-order valence-electron chi connectivity index (χ2n) is 11.9. The molecular formula is C39H38N2O11S. The fourth-order valence-electron chi connectivity index (χ4n) is 4.78. The third kappa shape index (κ3) is 12.0. The molecule has 0 saturated carbocycles. The van der Waals surface area contributed by atoms with E-state index < -0.39 is 36.1 Å². The first kappa shape index (κ1) is 39.8. The Morgan fingerprint density at radius 1 is 0.755 bits per heavy atom. The lowest BCUT2D eigenvalue weighted by Crippen LogP contribution is -2.45. The third-order valence-electron chi connectivity index (χ3n) is 7.84. The highest BCUT2D eigenvalue weighted by molar-refractivity contribution is 8.15. The molecule has 5 rings (SSSR count). The summed E-state index contributed by atoms with van der Waals surface area (Å²) in [6.45, 7) is 6.26. The summed E-state index contributed by atoms with van der Waals surface area (Å²) >= 11 is 1.05. The Balaban J connectivity index is 0.000000238. The van der Waals surface area contributed by atoms with E-state index in [1.165, 1.54) is 29.8 Å². The summed E-state index contributed by atoms with van der Waals surface area (Å²) in [4.78, 5) is 74.5. The first-order chi connectivity index (χ1) is 25.3. The van der Waals surface area contributed by atoms with Crippen LogP contribution in [0.5, 0.6) is 5.75 Å². The van der Waals surface area contributed by atoms with Crippen molar-refractivity contribution >= 4 is 46.8 Å². The molecule has 3 N–H and O–H groups in total. The molecule has 1 aliphatic heterocycles. The number of aryl methyl sites for hydroxylation is 3. The summed E-state index contributed by atoms with van der Waals surface area (Å²) in [6.07, 6.45) is -0.248. The summed E-state index contributed by atoms with van der Waals surface area (Å²) in [6, 6.07) is 23.8. The van der Waals surface area contributed by atoms with E-state index in [1.54, 1.807) is 38.1 Å². The van der Waals surface area contributed by atoms with E-state index >= 15 is 0 Å². The number of nitrogens with zero attached hydrogens (tertiary/aromatic N) is 1. The molecule has 4 aromatic rings. The molecule has 0 aliphatic carbocycles. The fourth-order valence-corrected chi connectivity index (χ4v) is 5.64. The van der Waals surface area contributed by atoms with Crippen molar-refractivity contribution in [3.8, 4) is 5.75 Å². The molecule has 3 atom stereocenters. The maximum Gasteiger partial charge on any atom is 0.349 e. The van der Waals surface area contributed by atoms with Crippen molar-refractivity contribution in [3.63, 3.8) is 0 Å². The zero-order valence-corrected chi connectivity index (χ0v) is 30.0. The maximum atomic E-state index is 12.2. The molecule has 13 nitrogen and oxygen atoms in total. The van der Waals surface area contributed by atoms with E-state index in [-0.39, 0.29) is 27.5 Å². The largest absolute Gasteiger partial charge is 0.493 e. The Morgan fingerprint density at radius 3 is 1.68 bits per heavy atom. The van der Waals surface area contributed by atoms with Crippen LogP contribution in [0.2, 0.25) is 0 Å². The van der Waals surface area contributed by atoms with E-state index in [2.05, 4.69) is 23.3 Å². The number of amides is 2. The van der Waals surface area contributed by atoms with Crippen LogP contribution in [0.3, 0.4) is 0 Å². The molecule has 1 fully saturated rings. The highest BCUT2D eigenvalue weighted by atomic mass is 32.2. The van der Waals surface area contributed by atoms with Gasteiger partial charge in [-0.05, 0) is 80.3 Å². The first-order valence-corrected chi connectivity index (χ1v) is 17.4. The summed E-state index contributed by atoms with van der Waals surface area (Å²) in [5, 5.41) is 20.3. The molecule has 0 bridgehead atoms. The maximum absolute atomic E-state index is 12.2. The van der Waals surface area contributed by atoms with E-state index in [9.17, 15) is 39.0 Å². The van der Waals surface area contributed by atoms with Crippen LogP contribution in [0.1, 0.15) is 55.6 Å². The average molecular weight is 743 g/mol. The zero-order valence-electron chi connectivity index (χ0n) is 29.1. The number of thioether (sulfide) groups is 1. The molecule has 3 aromatic carbocycles. The molecule has 276 valence electrons. The van der Waals surface area contributed by atoms with Crippen molar-refractivity contribution in [3.05, 3.63) is 130 Å². The monoisotopic (exact) mass is 742 g/mol. The molecule has 2 amide bonds. The van der Waals surface area contributed by atoms with Gasteiger partial charge >= 0.3 is 23.9 Å². The van der Waals surface area contributed by atoms with Crippen LogP contribution < -0.4 is 10.1 Å². The second kappa shape index (κ2) is 19.0. The van der Waals surface area contributed by atoms with Crippen LogP contribution in [-0.4, -0.2) is 74.3 Å². The quantitative estimate of drug-likeness (QED) is 0.139. The number of carbonyl (C=O) groups is 6. The van der Waals surface area contributed by atoms with Crippen molar-refractivity contribution in [1.29, 1.82) is 0 Å². The summed E-state index contributed by atoms with van der Waals surface area (Å²) in [5.41, 5.74) is 5.05. The Kier molecular flexibility index (Phi) is 14.3. The molecule has 1 saturated heterocycles. The van der Waals surface area contributed by atoms with Crippen molar-refractivity contribution in [2.24, 2.45) is 0 Å². The molecule has 1 aromatic heterocycles. The zero-order chi connectivity index (χ0) is 38.5. The van der Waals surface area contributed by atoms with Gasteiger partial charge in [0.15, 0.2) is 0 Å². The van der Waals surface area contributed by atoms with Crippen LogP contribution in [-0.2, 0) is 43.1 Å². The lowest BCUT2D eigenvalue weighted by Gasteiger charge is -2.21. The Morgan fingerprint density at radius 2 is 1.26 bits per heavy atom. The van der Waals surface area contributed by atoms with Crippen molar-refractivity contribution < 1.29 is 53.2 Å². The van der Waals surface area contributed by atoms with Gasteiger partial charge in [0.25, 0.3) is 5.24 Å². The van der Waals surface area contributed by atoms with Crippen molar-refractivity contribution in [2.45, 2.75) is 57.5 Å². The normalized spacial score (nSPS) is 14.5. The molecule has 2 heterocycles. The first-order valence-electron chi connectivity index (χ1n) is 16.5. The number of carboxylic acids is 2. The Labute approximate surface area is 309 Å². The van der Waals surface area contributed by atoms with Crippen LogP contribution in [0.15, 0.2) is 91.1 Å². The number of hydrogen-bond donors (Lipinski definition) is 3. The average Bonchev–Trinajstić information content (AvgIpc) is 3.46. The van der Waals surface area contributed by atoms with Gasteiger partial charge in [-0.2, -0.15) is 0 Å². The van der Waals surface area contributed by atoms with Gasteiger partial charge in [-0.25, -0.2) is 19.2 Å². The van der Waals surface area contributed by atoms with Gasteiger partial charge in [0.2, 0.25) is 18.1 Å². The van der Waals surface area contributed by atoms with E-state index in [1.807, 2.05) is 36.5 Å². The van der Waals surface area contributed by atoms with Crippen molar-refractivity contribution in [1.82, 2.24) is 10.3 Å². The van der Waals surface area contributed by atoms with Gasteiger partial charge in [-0.15, -0.1) is 0 Å². The minimum absolute atomic E-state index is 0.0332. The molecule has 0 unspecified atom stereocenters. The highest BCUT2D eigenvalue weighted by Gasteiger charge is 2.41. The highest BCUT2D eigenvalue weighted by Crippen LogP contribution is 2.24. The van der Waals surface area contributed by atoms with Gasteiger partial charge < -0.3 is 24.4 Å². The lowest BCUT2D eigenvalue weighted by atomic mass is 10.1. The number of pyridine rings is 1. The number of carboxylic acid groups (broad SMARTS) is 2. The molecule has 14 heteroatoms. The number of rotatable bonds is 14. The minimum Gasteiger partial charge on any atom is -0.493 e. The Bertz CT molecular complexity index is 1840. The lowest BCUT2D eigenvalue weighted by molar-refractivity contribution is -0.166. The predicted molar refractivity (Wildman–Crippen MR) is 194 cm³/mol. The standard InChI is InChI=1S/C20H18O8.C19H20N2O3S/c1-11-3-7-13(8-4-11)19(25)27-15(17(21)22)16(18(23)24)28-20(26)14-9-5-12(2)6-10-14;1-2-13-3-6-15(20-12-13)9-10-24-16-7-4-14(5-8-16)11-17-18(22)21-19(23)25-17/h3-10,15-16H,1-2H3,(H,21,22)(H,23,24);3-8,12,17H,2,9-11H2,1H3,(H,21,22,23)/t15-,16-;17-/m11/s1. The number of benzene rings is 3. The fraction of sp³-hybridized carbons (Fsp3) is 0.256. The molecular weight excluding hydrogens is 704 g/mol. The summed E-state index contributed by atoms with van der Waals surface area (Å²) in [7, 11) is 0. The van der Waals surface area contributed by atoms with Gasteiger partial charge in [-0.1, -0.05) is 72.3 Å². The van der Waals surface area contributed by atoms with Gasteiger partial charge in [0.1, 0.15) is 5.75 Å².